The molecule has 0 aliphatic heterocycles. The first kappa shape index (κ1) is 17.5. The lowest BCUT2D eigenvalue weighted by molar-refractivity contribution is 0.301. The van der Waals surface area contributed by atoms with Gasteiger partial charge in [0.25, 0.3) is 0 Å². The van der Waals surface area contributed by atoms with Gasteiger partial charge in [-0.15, -0.1) is 0 Å². The van der Waals surface area contributed by atoms with Gasteiger partial charge in [-0.3, -0.25) is 0 Å². The second-order valence-electron chi connectivity index (χ2n) is 5.21. The van der Waals surface area contributed by atoms with Crippen molar-refractivity contribution in [2.24, 2.45) is 0 Å². The van der Waals surface area contributed by atoms with Crippen molar-refractivity contribution in [3.8, 4) is 0 Å². The minimum Gasteiger partial charge on any atom is -0.372 e. The first-order valence-electron chi connectivity index (χ1n) is 7.78. The summed E-state index contributed by atoms with van der Waals surface area (Å²) in [6, 6.07) is 6.79. The van der Waals surface area contributed by atoms with Crippen LogP contribution in [0.2, 0.25) is 0 Å². The highest BCUT2D eigenvalue weighted by molar-refractivity contribution is 9.08. The number of aryl methyl sites for hydroxylation is 1. The molecule has 0 spiro atoms. The third-order valence-electron chi connectivity index (χ3n) is 3.93. The van der Waals surface area contributed by atoms with Gasteiger partial charge >= 0.3 is 0 Å². The molecule has 0 heterocycles. The van der Waals surface area contributed by atoms with Crippen molar-refractivity contribution in [1.82, 2.24) is 4.90 Å². The van der Waals surface area contributed by atoms with Crippen LogP contribution in [0, 0.1) is 6.92 Å². The predicted molar refractivity (Wildman–Crippen MR) is 94.1 cm³/mol. The van der Waals surface area contributed by atoms with Crippen LogP contribution in [0.3, 0.4) is 0 Å². The smallest absolute Gasteiger partial charge is 0.0396 e. The third-order valence-corrected chi connectivity index (χ3v) is 4.58. The van der Waals surface area contributed by atoms with Gasteiger partial charge in [-0.05, 0) is 57.1 Å². The van der Waals surface area contributed by atoms with E-state index >= 15 is 0 Å². The highest BCUT2D eigenvalue weighted by Gasteiger charge is 2.08. The van der Waals surface area contributed by atoms with Crippen molar-refractivity contribution in [2.75, 3.05) is 37.6 Å². The van der Waals surface area contributed by atoms with Crippen LogP contribution in [-0.4, -0.2) is 37.6 Å². The summed E-state index contributed by atoms with van der Waals surface area (Å²) in [5.74, 6) is 0. The normalized spacial score (nSPS) is 11.1. The van der Waals surface area contributed by atoms with Gasteiger partial charge in [-0.25, -0.2) is 0 Å². The summed E-state index contributed by atoms with van der Waals surface area (Å²) < 4.78 is 0. The van der Waals surface area contributed by atoms with Gasteiger partial charge in [0, 0.05) is 24.1 Å². The Labute approximate surface area is 133 Å². The van der Waals surface area contributed by atoms with Crippen molar-refractivity contribution < 1.29 is 0 Å². The van der Waals surface area contributed by atoms with E-state index in [4.69, 9.17) is 0 Å². The van der Waals surface area contributed by atoms with E-state index in [0.29, 0.717) is 0 Å². The van der Waals surface area contributed by atoms with E-state index in [1.807, 2.05) is 0 Å². The zero-order valence-corrected chi connectivity index (χ0v) is 15.0. The number of alkyl halides is 1. The molecule has 0 unspecified atom stereocenters. The molecular formula is C17H29BrN2. The SMILES string of the molecule is CCN(CC)CCCN(CC)c1ccc(CBr)cc1C. The Hall–Kier alpha value is -0.540. The lowest BCUT2D eigenvalue weighted by atomic mass is 10.1. The van der Waals surface area contributed by atoms with Crippen molar-refractivity contribution in [2.45, 2.75) is 39.4 Å². The topological polar surface area (TPSA) is 6.48 Å². The quantitative estimate of drug-likeness (QED) is 0.613. The molecule has 0 amide bonds. The van der Waals surface area contributed by atoms with Gasteiger partial charge in [0.2, 0.25) is 0 Å². The maximum Gasteiger partial charge on any atom is 0.0396 e. The van der Waals surface area contributed by atoms with Gasteiger partial charge < -0.3 is 9.80 Å². The zero-order valence-electron chi connectivity index (χ0n) is 13.5. The average molecular weight is 341 g/mol. The number of halogens is 1. The first-order chi connectivity index (χ1) is 9.65. The van der Waals surface area contributed by atoms with Crippen molar-refractivity contribution in [3.05, 3.63) is 29.3 Å². The van der Waals surface area contributed by atoms with E-state index in [2.05, 4.69) is 71.6 Å². The zero-order chi connectivity index (χ0) is 15.0. The Kier molecular flexibility index (Phi) is 8.24. The third kappa shape index (κ3) is 5.10. The number of anilines is 1. The molecule has 0 fully saturated rings. The Morgan fingerprint density at radius 3 is 2.20 bits per heavy atom. The molecule has 0 saturated heterocycles. The minimum atomic E-state index is 0.933. The predicted octanol–water partition coefficient (Wildman–Crippen LogP) is 4.45. The van der Waals surface area contributed by atoms with E-state index < -0.39 is 0 Å². The molecule has 1 aromatic rings. The molecule has 0 atom stereocenters. The van der Waals surface area contributed by atoms with E-state index in [9.17, 15) is 0 Å². The van der Waals surface area contributed by atoms with Gasteiger partial charge in [0.15, 0.2) is 0 Å². The molecule has 0 radical (unpaired) electrons. The summed E-state index contributed by atoms with van der Waals surface area (Å²) >= 11 is 3.52. The first-order valence-corrected chi connectivity index (χ1v) is 8.91. The van der Waals surface area contributed by atoms with Crippen LogP contribution in [0.1, 0.15) is 38.3 Å². The van der Waals surface area contributed by atoms with E-state index in [0.717, 1.165) is 31.5 Å². The van der Waals surface area contributed by atoms with E-state index in [1.165, 1.54) is 29.8 Å². The number of hydrogen-bond donors (Lipinski definition) is 0. The van der Waals surface area contributed by atoms with Crippen LogP contribution in [0.5, 0.6) is 0 Å². The number of hydrogen-bond acceptors (Lipinski definition) is 2. The summed E-state index contributed by atoms with van der Waals surface area (Å²) in [6.07, 6.45) is 1.23. The minimum absolute atomic E-state index is 0.933. The van der Waals surface area contributed by atoms with Gasteiger partial charge in [-0.1, -0.05) is 41.9 Å². The van der Waals surface area contributed by atoms with Crippen molar-refractivity contribution in [3.63, 3.8) is 0 Å². The summed E-state index contributed by atoms with van der Waals surface area (Å²) in [5, 5.41) is 0.933. The Morgan fingerprint density at radius 2 is 1.70 bits per heavy atom. The molecule has 0 aliphatic carbocycles. The molecule has 0 bridgehead atoms. The summed E-state index contributed by atoms with van der Waals surface area (Å²) in [5.41, 5.74) is 4.12. The molecule has 3 heteroatoms. The largest absolute Gasteiger partial charge is 0.372 e. The maximum absolute atomic E-state index is 3.52. The van der Waals surface area contributed by atoms with Crippen LogP contribution in [0.25, 0.3) is 0 Å². The average Bonchev–Trinajstić information content (AvgIpc) is 2.48. The van der Waals surface area contributed by atoms with Crippen molar-refractivity contribution >= 4 is 21.6 Å². The highest BCUT2D eigenvalue weighted by Crippen LogP contribution is 2.22. The Morgan fingerprint density at radius 1 is 1.00 bits per heavy atom. The van der Waals surface area contributed by atoms with Gasteiger partial charge in [0.05, 0.1) is 0 Å². The molecule has 2 nitrogen and oxygen atoms in total. The standard InChI is InChI=1S/C17H29BrN2/c1-5-19(6-2)11-8-12-20(7-3)17-10-9-16(14-18)13-15(17)4/h9-10,13H,5-8,11-12,14H2,1-4H3. The maximum atomic E-state index is 3.52. The number of rotatable bonds is 9. The molecule has 0 saturated carbocycles. The van der Waals surface area contributed by atoms with Crippen LogP contribution in [0.15, 0.2) is 18.2 Å². The lowest BCUT2D eigenvalue weighted by Crippen LogP contribution is -2.30. The Bertz CT molecular complexity index is 389. The van der Waals surface area contributed by atoms with Crippen LogP contribution >= 0.6 is 15.9 Å². The fourth-order valence-electron chi connectivity index (χ4n) is 2.63. The van der Waals surface area contributed by atoms with E-state index in [-0.39, 0.29) is 0 Å². The lowest BCUT2D eigenvalue weighted by Gasteiger charge is -2.27. The molecule has 1 rings (SSSR count). The fraction of sp³-hybridized carbons (Fsp3) is 0.647. The monoisotopic (exact) mass is 340 g/mol. The molecular weight excluding hydrogens is 312 g/mol. The van der Waals surface area contributed by atoms with Crippen LogP contribution < -0.4 is 4.90 Å². The molecule has 0 aromatic heterocycles. The van der Waals surface area contributed by atoms with Crippen LogP contribution in [0.4, 0.5) is 5.69 Å². The molecule has 114 valence electrons. The van der Waals surface area contributed by atoms with Gasteiger partial charge in [-0.2, -0.15) is 0 Å². The van der Waals surface area contributed by atoms with Gasteiger partial charge in [0.1, 0.15) is 0 Å². The number of nitrogens with zero attached hydrogens (tertiary/aromatic N) is 2. The second-order valence-corrected chi connectivity index (χ2v) is 5.78. The van der Waals surface area contributed by atoms with E-state index in [1.54, 1.807) is 0 Å². The van der Waals surface area contributed by atoms with Crippen molar-refractivity contribution in [1.29, 1.82) is 0 Å². The molecule has 20 heavy (non-hydrogen) atoms. The Balaban J connectivity index is 2.62. The van der Waals surface area contributed by atoms with Crippen LogP contribution in [-0.2, 0) is 5.33 Å². The summed E-state index contributed by atoms with van der Waals surface area (Å²) in [7, 11) is 0. The fourth-order valence-corrected chi connectivity index (χ4v) is 2.98. The summed E-state index contributed by atoms with van der Waals surface area (Å²) in [4.78, 5) is 4.99. The second kappa shape index (κ2) is 9.41. The molecule has 1 aromatic carbocycles. The molecule has 0 aliphatic rings. The number of benzene rings is 1. The highest BCUT2D eigenvalue weighted by atomic mass is 79.9. The molecule has 0 N–H and O–H groups in total. The summed E-state index contributed by atoms with van der Waals surface area (Å²) in [6.45, 7) is 14.7.